The van der Waals surface area contributed by atoms with Crippen molar-refractivity contribution in [1.29, 1.82) is 0 Å². The van der Waals surface area contributed by atoms with Gasteiger partial charge in [0.15, 0.2) is 0 Å². The third-order valence-electron chi connectivity index (χ3n) is 4.01. The molecule has 0 bridgehead atoms. The Morgan fingerprint density at radius 2 is 1.89 bits per heavy atom. The van der Waals surface area contributed by atoms with Crippen molar-refractivity contribution < 1.29 is 4.39 Å². The topological polar surface area (TPSA) is 29.3 Å². The number of hydrogen-bond acceptors (Lipinski definition) is 2. The highest BCUT2D eigenvalue weighted by Crippen LogP contribution is 2.24. The van der Waals surface area contributed by atoms with Crippen molar-refractivity contribution >= 4 is 0 Å². The molecule has 2 N–H and O–H groups in total. The summed E-state index contributed by atoms with van der Waals surface area (Å²) in [5.74, 6) is -0.171. The third-order valence-corrected chi connectivity index (χ3v) is 4.01. The van der Waals surface area contributed by atoms with Gasteiger partial charge in [0.05, 0.1) is 0 Å². The molecule has 0 aliphatic heterocycles. The molecule has 1 aromatic rings. The zero-order chi connectivity index (χ0) is 13.6. The first-order valence-electron chi connectivity index (χ1n) is 6.81. The second-order valence-corrected chi connectivity index (χ2v) is 4.78. The van der Waals surface area contributed by atoms with Gasteiger partial charge in [-0.2, -0.15) is 0 Å². The van der Waals surface area contributed by atoms with Crippen molar-refractivity contribution in [3.63, 3.8) is 0 Å². The SMILES string of the molecule is CCN(Cc1cccc(F)c1)C(CC)(CC)CN. The zero-order valence-corrected chi connectivity index (χ0v) is 11.7. The second kappa shape index (κ2) is 6.86. The molecule has 0 spiro atoms. The van der Waals surface area contributed by atoms with E-state index in [2.05, 4.69) is 25.7 Å². The summed E-state index contributed by atoms with van der Waals surface area (Å²) < 4.78 is 13.2. The van der Waals surface area contributed by atoms with Crippen LogP contribution in [0.5, 0.6) is 0 Å². The number of nitrogens with zero attached hydrogens (tertiary/aromatic N) is 1. The highest BCUT2D eigenvalue weighted by molar-refractivity contribution is 5.16. The van der Waals surface area contributed by atoms with Crippen LogP contribution in [-0.2, 0) is 6.54 Å². The van der Waals surface area contributed by atoms with Crippen LogP contribution in [0.15, 0.2) is 24.3 Å². The standard InChI is InChI=1S/C15H25FN2/c1-4-15(5-2,12-17)18(6-3)11-13-8-7-9-14(16)10-13/h7-10H,4-6,11-12,17H2,1-3H3. The summed E-state index contributed by atoms with van der Waals surface area (Å²) in [5.41, 5.74) is 7.01. The Balaban J connectivity index is 2.90. The van der Waals surface area contributed by atoms with Gasteiger partial charge in [-0.1, -0.05) is 32.9 Å². The predicted octanol–water partition coefficient (Wildman–Crippen LogP) is 3.17. The molecule has 0 saturated heterocycles. The van der Waals surface area contributed by atoms with Gasteiger partial charge in [-0.25, -0.2) is 4.39 Å². The number of hydrogen-bond donors (Lipinski definition) is 1. The molecular weight excluding hydrogens is 227 g/mol. The first-order valence-corrected chi connectivity index (χ1v) is 6.81. The van der Waals surface area contributed by atoms with Crippen molar-refractivity contribution in [1.82, 2.24) is 4.90 Å². The van der Waals surface area contributed by atoms with Crippen LogP contribution in [0.2, 0.25) is 0 Å². The molecule has 0 aromatic heterocycles. The van der Waals surface area contributed by atoms with Crippen LogP contribution in [0.3, 0.4) is 0 Å². The highest BCUT2D eigenvalue weighted by atomic mass is 19.1. The molecule has 0 atom stereocenters. The number of benzene rings is 1. The van der Waals surface area contributed by atoms with Crippen molar-refractivity contribution in [2.24, 2.45) is 5.73 Å². The molecule has 0 radical (unpaired) electrons. The van der Waals surface area contributed by atoms with Gasteiger partial charge in [0.2, 0.25) is 0 Å². The molecule has 2 nitrogen and oxygen atoms in total. The maximum Gasteiger partial charge on any atom is 0.123 e. The lowest BCUT2D eigenvalue weighted by atomic mass is 9.90. The smallest absolute Gasteiger partial charge is 0.123 e. The summed E-state index contributed by atoms with van der Waals surface area (Å²) in [6, 6.07) is 6.82. The second-order valence-electron chi connectivity index (χ2n) is 4.78. The van der Waals surface area contributed by atoms with Crippen LogP contribution in [0.1, 0.15) is 39.2 Å². The minimum atomic E-state index is -0.171. The minimum Gasteiger partial charge on any atom is -0.329 e. The maximum absolute atomic E-state index is 13.2. The number of likely N-dealkylation sites (N-methyl/N-ethyl adjacent to an activating group) is 1. The van der Waals surface area contributed by atoms with Gasteiger partial charge in [0.1, 0.15) is 5.82 Å². The normalized spacial score (nSPS) is 12.1. The lowest BCUT2D eigenvalue weighted by molar-refractivity contribution is 0.0827. The van der Waals surface area contributed by atoms with Gasteiger partial charge in [-0.05, 0) is 37.1 Å². The average molecular weight is 252 g/mol. The van der Waals surface area contributed by atoms with Gasteiger partial charge >= 0.3 is 0 Å². The summed E-state index contributed by atoms with van der Waals surface area (Å²) in [4.78, 5) is 2.36. The summed E-state index contributed by atoms with van der Waals surface area (Å²) >= 11 is 0. The van der Waals surface area contributed by atoms with E-state index in [9.17, 15) is 4.39 Å². The Morgan fingerprint density at radius 1 is 1.22 bits per heavy atom. The van der Waals surface area contributed by atoms with E-state index in [1.807, 2.05) is 6.07 Å². The molecule has 0 unspecified atom stereocenters. The third kappa shape index (κ3) is 3.30. The van der Waals surface area contributed by atoms with E-state index < -0.39 is 0 Å². The van der Waals surface area contributed by atoms with Crippen molar-refractivity contribution in [2.75, 3.05) is 13.1 Å². The largest absolute Gasteiger partial charge is 0.329 e. The number of rotatable bonds is 7. The molecular formula is C15H25FN2. The van der Waals surface area contributed by atoms with Crippen LogP contribution >= 0.6 is 0 Å². The van der Waals surface area contributed by atoms with E-state index in [4.69, 9.17) is 5.73 Å². The van der Waals surface area contributed by atoms with Gasteiger partial charge in [-0.3, -0.25) is 4.90 Å². The monoisotopic (exact) mass is 252 g/mol. The van der Waals surface area contributed by atoms with Crippen molar-refractivity contribution in [3.8, 4) is 0 Å². The Kier molecular flexibility index (Phi) is 5.76. The summed E-state index contributed by atoms with van der Waals surface area (Å²) in [6.45, 7) is 8.80. The first-order chi connectivity index (χ1) is 8.61. The van der Waals surface area contributed by atoms with Crippen LogP contribution in [0, 0.1) is 5.82 Å². The van der Waals surface area contributed by atoms with Crippen molar-refractivity contribution in [2.45, 2.75) is 45.7 Å². The number of halogens is 1. The zero-order valence-electron chi connectivity index (χ0n) is 11.7. The van der Waals surface area contributed by atoms with E-state index in [0.29, 0.717) is 6.54 Å². The molecule has 0 amide bonds. The van der Waals surface area contributed by atoms with Crippen LogP contribution in [0.25, 0.3) is 0 Å². The molecule has 0 fully saturated rings. The predicted molar refractivity (Wildman–Crippen MR) is 74.9 cm³/mol. The van der Waals surface area contributed by atoms with Crippen LogP contribution < -0.4 is 5.73 Å². The molecule has 0 heterocycles. The summed E-state index contributed by atoms with van der Waals surface area (Å²) in [7, 11) is 0. The molecule has 1 aromatic carbocycles. The van der Waals surface area contributed by atoms with Crippen LogP contribution in [0.4, 0.5) is 4.39 Å². The van der Waals surface area contributed by atoms with E-state index in [-0.39, 0.29) is 11.4 Å². The summed E-state index contributed by atoms with van der Waals surface area (Å²) in [5, 5.41) is 0. The Labute approximate surface area is 110 Å². The molecule has 0 saturated carbocycles. The van der Waals surface area contributed by atoms with E-state index in [1.54, 1.807) is 12.1 Å². The van der Waals surface area contributed by atoms with Gasteiger partial charge in [-0.15, -0.1) is 0 Å². The van der Waals surface area contributed by atoms with Crippen LogP contribution in [-0.4, -0.2) is 23.5 Å². The maximum atomic E-state index is 13.2. The van der Waals surface area contributed by atoms with E-state index in [0.717, 1.165) is 31.5 Å². The molecule has 0 aliphatic carbocycles. The summed E-state index contributed by atoms with van der Waals surface area (Å²) in [6.07, 6.45) is 2.03. The van der Waals surface area contributed by atoms with E-state index >= 15 is 0 Å². The molecule has 1 rings (SSSR count). The number of nitrogens with two attached hydrogens (primary N) is 1. The fourth-order valence-corrected chi connectivity index (χ4v) is 2.59. The molecule has 3 heteroatoms. The van der Waals surface area contributed by atoms with Gasteiger partial charge < -0.3 is 5.73 Å². The lowest BCUT2D eigenvalue weighted by Gasteiger charge is -2.42. The Bertz CT molecular complexity index is 353. The fraction of sp³-hybridized carbons (Fsp3) is 0.600. The molecule has 102 valence electrons. The lowest BCUT2D eigenvalue weighted by Crippen LogP contribution is -2.52. The Hall–Kier alpha value is -0.930. The van der Waals surface area contributed by atoms with E-state index in [1.165, 1.54) is 6.07 Å². The minimum absolute atomic E-state index is 0.0288. The van der Waals surface area contributed by atoms with Crippen molar-refractivity contribution in [3.05, 3.63) is 35.6 Å². The Morgan fingerprint density at radius 3 is 2.33 bits per heavy atom. The average Bonchev–Trinajstić information content (AvgIpc) is 2.40. The van der Waals surface area contributed by atoms with Gasteiger partial charge in [0.25, 0.3) is 0 Å². The fourth-order valence-electron chi connectivity index (χ4n) is 2.59. The van der Waals surface area contributed by atoms with Gasteiger partial charge in [0, 0.05) is 18.6 Å². The molecule has 0 aliphatic rings. The highest BCUT2D eigenvalue weighted by Gasteiger charge is 2.30. The quantitative estimate of drug-likeness (QED) is 0.807. The molecule has 18 heavy (non-hydrogen) atoms. The first kappa shape index (κ1) is 15.1.